The summed E-state index contributed by atoms with van der Waals surface area (Å²) in [5, 5.41) is 0. The Kier molecular flexibility index (Phi) is 3.66. The van der Waals surface area contributed by atoms with Crippen LogP contribution in [-0.4, -0.2) is 31.2 Å². The summed E-state index contributed by atoms with van der Waals surface area (Å²) in [6, 6.07) is 0. The summed E-state index contributed by atoms with van der Waals surface area (Å²) < 4.78 is 18.8. The van der Waals surface area contributed by atoms with Gasteiger partial charge in [-0.2, -0.15) is 0 Å². The quantitative estimate of drug-likeness (QED) is 0.578. The van der Waals surface area contributed by atoms with E-state index in [0.29, 0.717) is 35.4 Å². The summed E-state index contributed by atoms with van der Waals surface area (Å²) in [4.78, 5) is 0. The molecule has 0 N–H and O–H groups in total. The first-order valence-electron chi connectivity index (χ1n) is 10.6. The van der Waals surface area contributed by atoms with E-state index in [1.165, 1.54) is 24.8 Å². The standard InChI is InChI=1S/C23H34O3/c1-14-12-24-20-15(14)6-8-17-16(20)7-9-18-22(17,4)11-10-19-23(18,5)13-25-21(2,3)26-19/h7,15,17-20H,1,6,8-13H2,2-5H3/t15-,17+,18-,19+,20+,22-,23+/m0/s1. The molecule has 26 heavy (non-hydrogen) atoms. The number of allylic oxidation sites excluding steroid dienone is 1. The third-order valence-corrected chi connectivity index (χ3v) is 8.65. The molecule has 3 aliphatic carbocycles. The summed E-state index contributed by atoms with van der Waals surface area (Å²) in [6.45, 7) is 14.9. The Morgan fingerprint density at radius 3 is 2.69 bits per heavy atom. The number of hydrogen-bond donors (Lipinski definition) is 0. The van der Waals surface area contributed by atoms with Gasteiger partial charge in [0.05, 0.1) is 25.4 Å². The van der Waals surface area contributed by atoms with Crippen molar-refractivity contribution in [2.24, 2.45) is 28.6 Å². The zero-order valence-electron chi connectivity index (χ0n) is 16.8. The fraction of sp³-hybridized carbons (Fsp3) is 0.826. The molecule has 0 aromatic heterocycles. The van der Waals surface area contributed by atoms with E-state index in [0.717, 1.165) is 26.1 Å². The van der Waals surface area contributed by atoms with Crippen LogP contribution in [0.15, 0.2) is 23.8 Å². The SMILES string of the molecule is C=C1CO[C@H]2C3=CC[C@H]4[C@@](C)(CC[C@H]5OC(C)(C)OC[C@]45C)[C@@H]3CC[C@@H]12. The molecule has 144 valence electrons. The molecule has 0 aromatic carbocycles. The van der Waals surface area contributed by atoms with Crippen molar-refractivity contribution in [1.82, 2.24) is 0 Å². The van der Waals surface area contributed by atoms with Crippen LogP contribution < -0.4 is 0 Å². The monoisotopic (exact) mass is 358 g/mol. The van der Waals surface area contributed by atoms with Crippen molar-refractivity contribution < 1.29 is 14.2 Å². The van der Waals surface area contributed by atoms with E-state index in [2.05, 4.69) is 40.3 Å². The maximum absolute atomic E-state index is 6.41. The van der Waals surface area contributed by atoms with E-state index in [1.54, 1.807) is 5.57 Å². The van der Waals surface area contributed by atoms with Gasteiger partial charge in [-0.3, -0.25) is 0 Å². The molecule has 0 radical (unpaired) electrons. The molecule has 0 amide bonds. The lowest BCUT2D eigenvalue weighted by Gasteiger charge is -2.63. The maximum atomic E-state index is 6.41. The van der Waals surface area contributed by atoms with Crippen LogP contribution in [0.25, 0.3) is 0 Å². The smallest absolute Gasteiger partial charge is 0.163 e. The minimum atomic E-state index is -0.441. The third-order valence-electron chi connectivity index (χ3n) is 8.65. The number of fused-ring (bicyclic) bond motifs is 7. The van der Waals surface area contributed by atoms with Gasteiger partial charge in [0.1, 0.15) is 0 Å². The molecule has 7 atom stereocenters. The molecule has 0 aromatic rings. The van der Waals surface area contributed by atoms with Crippen LogP contribution in [0.2, 0.25) is 0 Å². The first-order valence-corrected chi connectivity index (χ1v) is 10.6. The van der Waals surface area contributed by atoms with Gasteiger partial charge in [0.15, 0.2) is 5.79 Å². The third kappa shape index (κ3) is 2.23. The van der Waals surface area contributed by atoms with E-state index in [-0.39, 0.29) is 5.41 Å². The van der Waals surface area contributed by atoms with Crippen LogP contribution in [0.3, 0.4) is 0 Å². The van der Waals surface area contributed by atoms with Crippen molar-refractivity contribution in [1.29, 1.82) is 0 Å². The first-order chi connectivity index (χ1) is 12.2. The number of ether oxygens (including phenoxy) is 3. The molecule has 4 fully saturated rings. The number of rotatable bonds is 0. The lowest BCUT2D eigenvalue weighted by molar-refractivity contribution is -0.343. The topological polar surface area (TPSA) is 27.7 Å². The maximum Gasteiger partial charge on any atom is 0.163 e. The molecule has 0 spiro atoms. The second kappa shape index (κ2) is 5.46. The Labute approximate surface area is 158 Å². The van der Waals surface area contributed by atoms with Gasteiger partial charge in [-0.1, -0.05) is 26.5 Å². The highest BCUT2D eigenvalue weighted by atomic mass is 16.7. The predicted molar refractivity (Wildman–Crippen MR) is 102 cm³/mol. The minimum Gasteiger partial charge on any atom is -0.369 e. The molecule has 2 aliphatic heterocycles. The zero-order chi connectivity index (χ0) is 18.3. The average molecular weight is 359 g/mol. The van der Waals surface area contributed by atoms with E-state index < -0.39 is 5.79 Å². The molecule has 3 heteroatoms. The van der Waals surface area contributed by atoms with Crippen molar-refractivity contribution in [2.75, 3.05) is 13.2 Å². The van der Waals surface area contributed by atoms with E-state index >= 15 is 0 Å². The van der Waals surface area contributed by atoms with E-state index in [9.17, 15) is 0 Å². The molecule has 2 heterocycles. The first kappa shape index (κ1) is 17.5. The Bertz CT molecular complexity index is 664. The second-order valence-electron chi connectivity index (χ2n) is 10.5. The van der Waals surface area contributed by atoms with Crippen molar-refractivity contribution in [3.05, 3.63) is 23.8 Å². The van der Waals surface area contributed by atoms with Gasteiger partial charge in [0.25, 0.3) is 0 Å². The summed E-state index contributed by atoms with van der Waals surface area (Å²) in [6.07, 6.45) is 9.25. The van der Waals surface area contributed by atoms with Crippen LogP contribution >= 0.6 is 0 Å². The highest BCUT2D eigenvalue weighted by Gasteiger charge is 2.62. The largest absolute Gasteiger partial charge is 0.369 e. The fourth-order valence-corrected chi connectivity index (χ4v) is 7.22. The van der Waals surface area contributed by atoms with Gasteiger partial charge in [-0.25, -0.2) is 0 Å². The van der Waals surface area contributed by atoms with Gasteiger partial charge >= 0.3 is 0 Å². The zero-order valence-corrected chi connectivity index (χ0v) is 16.8. The number of hydrogen-bond acceptors (Lipinski definition) is 3. The van der Waals surface area contributed by atoms with Crippen molar-refractivity contribution >= 4 is 0 Å². The molecular weight excluding hydrogens is 324 g/mol. The molecule has 0 bridgehead atoms. The molecular formula is C23H34O3. The average Bonchev–Trinajstić information content (AvgIpc) is 2.97. The van der Waals surface area contributed by atoms with Crippen molar-refractivity contribution in [3.8, 4) is 0 Å². The Balaban J connectivity index is 1.49. The van der Waals surface area contributed by atoms with Gasteiger partial charge in [-0.15, -0.1) is 0 Å². The van der Waals surface area contributed by atoms with Crippen LogP contribution in [0.4, 0.5) is 0 Å². The summed E-state index contributed by atoms with van der Waals surface area (Å²) in [5.41, 5.74) is 3.36. The Morgan fingerprint density at radius 1 is 1.08 bits per heavy atom. The van der Waals surface area contributed by atoms with Gasteiger partial charge in [0.2, 0.25) is 0 Å². The second-order valence-corrected chi connectivity index (χ2v) is 10.5. The van der Waals surface area contributed by atoms with Crippen LogP contribution in [-0.2, 0) is 14.2 Å². The highest BCUT2D eigenvalue weighted by molar-refractivity contribution is 5.31. The predicted octanol–water partition coefficient (Wildman–Crippen LogP) is 4.87. The van der Waals surface area contributed by atoms with Gasteiger partial charge < -0.3 is 14.2 Å². The summed E-state index contributed by atoms with van der Waals surface area (Å²) in [5.74, 6) is 1.40. The normalized spacial score (nSPS) is 52.4. The van der Waals surface area contributed by atoms with Gasteiger partial charge in [0, 0.05) is 11.3 Å². The molecule has 5 aliphatic rings. The summed E-state index contributed by atoms with van der Waals surface area (Å²) >= 11 is 0. The molecule has 5 rings (SSSR count). The van der Waals surface area contributed by atoms with E-state index in [4.69, 9.17) is 14.2 Å². The van der Waals surface area contributed by atoms with Crippen LogP contribution in [0, 0.1) is 28.6 Å². The Morgan fingerprint density at radius 2 is 1.88 bits per heavy atom. The van der Waals surface area contributed by atoms with Crippen molar-refractivity contribution in [2.45, 2.75) is 77.8 Å². The molecule has 2 saturated heterocycles. The minimum absolute atomic E-state index is 0.113. The van der Waals surface area contributed by atoms with E-state index in [1.807, 2.05) is 0 Å². The van der Waals surface area contributed by atoms with Crippen LogP contribution in [0.5, 0.6) is 0 Å². The Hall–Kier alpha value is -0.640. The summed E-state index contributed by atoms with van der Waals surface area (Å²) in [7, 11) is 0. The van der Waals surface area contributed by atoms with Crippen molar-refractivity contribution in [3.63, 3.8) is 0 Å². The lowest BCUT2D eigenvalue weighted by Crippen LogP contribution is -2.63. The highest BCUT2D eigenvalue weighted by Crippen LogP contribution is 2.65. The molecule has 0 unspecified atom stereocenters. The molecule has 3 nitrogen and oxygen atoms in total. The fourth-order valence-electron chi connectivity index (χ4n) is 7.22. The molecule has 2 saturated carbocycles. The van der Waals surface area contributed by atoms with Crippen LogP contribution in [0.1, 0.15) is 59.8 Å². The lowest BCUT2D eigenvalue weighted by atomic mass is 9.45. The van der Waals surface area contributed by atoms with Gasteiger partial charge in [-0.05, 0) is 74.3 Å².